The zero-order valence-corrected chi connectivity index (χ0v) is 14.1. The highest BCUT2D eigenvalue weighted by Gasteiger charge is 2.29. The van der Waals surface area contributed by atoms with Crippen LogP contribution < -0.4 is 15.4 Å². The van der Waals surface area contributed by atoms with Gasteiger partial charge in [-0.1, -0.05) is 11.6 Å². The van der Waals surface area contributed by atoms with E-state index in [4.69, 9.17) is 11.6 Å². The fourth-order valence-corrected chi connectivity index (χ4v) is 2.14. The van der Waals surface area contributed by atoms with Crippen LogP contribution in [0, 0.1) is 0 Å². The van der Waals surface area contributed by atoms with Crippen molar-refractivity contribution in [2.45, 2.75) is 6.18 Å². The van der Waals surface area contributed by atoms with E-state index in [1.807, 2.05) is 0 Å². The van der Waals surface area contributed by atoms with Crippen LogP contribution >= 0.6 is 11.6 Å². The van der Waals surface area contributed by atoms with Crippen LogP contribution in [0.4, 0.5) is 18.9 Å². The molecule has 2 rings (SSSR count). The van der Waals surface area contributed by atoms with E-state index in [0.717, 1.165) is 0 Å². The molecule has 0 saturated carbocycles. The Kier molecular flexibility index (Phi) is 6.04. The van der Waals surface area contributed by atoms with Gasteiger partial charge >= 0.3 is 6.18 Å². The van der Waals surface area contributed by atoms with Crippen LogP contribution in [0.3, 0.4) is 0 Å². The predicted molar refractivity (Wildman–Crippen MR) is 88.6 cm³/mol. The maximum Gasteiger partial charge on any atom is 0.422 e. The standard InChI is InChI=1S/C16H13ClF3N3O3/c1-21-13(24)11-7-9(4-5-12(11)17)23-14(25)10-3-2-6-22-15(10)26-8-16(18,19)20/h2-7H,8H2,1H3,(H,21,24)(H,23,25). The van der Waals surface area contributed by atoms with Gasteiger partial charge in [0.25, 0.3) is 11.8 Å². The Morgan fingerprint density at radius 1 is 1.19 bits per heavy atom. The van der Waals surface area contributed by atoms with Gasteiger partial charge in [0.2, 0.25) is 5.88 Å². The van der Waals surface area contributed by atoms with Crippen molar-refractivity contribution in [2.24, 2.45) is 0 Å². The average molecular weight is 388 g/mol. The molecule has 0 radical (unpaired) electrons. The van der Waals surface area contributed by atoms with Gasteiger partial charge in [-0.2, -0.15) is 13.2 Å². The molecular weight excluding hydrogens is 375 g/mol. The zero-order chi connectivity index (χ0) is 19.3. The maximum absolute atomic E-state index is 12.3. The summed E-state index contributed by atoms with van der Waals surface area (Å²) < 4.78 is 41.5. The first-order valence-electron chi connectivity index (χ1n) is 7.19. The quantitative estimate of drug-likeness (QED) is 0.825. The molecule has 26 heavy (non-hydrogen) atoms. The third-order valence-corrected chi connectivity index (χ3v) is 3.41. The van der Waals surface area contributed by atoms with E-state index < -0.39 is 30.5 Å². The Bertz CT molecular complexity index is 828. The number of anilines is 1. The van der Waals surface area contributed by atoms with Crippen LogP contribution in [0.25, 0.3) is 0 Å². The number of nitrogens with one attached hydrogen (secondary N) is 2. The number of carbonyl (C=O) groups is 2. The molecule has 1 heterocycles. The molecule has 2 N–H and O–H groups in total. The minimum atomic E-state index is -4.57. The number of carbonyl (C=O) groups excluding carboxylic acids is 2. The van der Waals surface area contributed by atoms with E-state index in [2.05, 4.69) is 20.4 Å². The molecule has 0 atom stereocenters. The smallest absolute Gasteiger partial charge is 0.422 e. The van der Waals surface area contributed by atoms with Crippen LogP contribution in [0.1, 0.15) is 20.7 Å². The molecule has 0 aliphatic rings. The van der Waals surface area contributed by atoms with E-state index in [9.17, 15) is 22.8 Å². The lowest BCUT2D eigenvalue weighted by Crippen LogP contribution is -2.22. The third kappa shape index (κ3) is 5.09. The number of halogens is 4. The van der Waals surface area contributed by atoms with Gasteiger partial charge in [0.05, 0.1) is 10.6 Å². The van der Waals surface area contributed by atoms with Crippen molar-refractivity contribution in [1.82, 2.24) is 10.3 Å². The van der Waals surface area contributed by atoms with Crippen molar-refractivity contribution in [3.63, 3.8) is 0 Å². The Labute approximate surface area is 151 Å². The number of rotatable bonds is 5. The molecule has 0 saturated heterocycles. The van der Waals surface area contributed by atoms with Gasteiger partial charge in [-0.25, -0.2) is 4.98 Å². The molecule has 6 nitrogen and oxygen atoms in total. The zero-order valence-electron chi connectivity index (χ0n) is 13.4. The summed E-state index contributed by atoms with van der Waals surface area (Å²) in [7, 11) is 1.42. The SMILES string of the molecule is CNC(=O)c1cc(NC(=O)c2cccnc2OCC(F)(F)F)ccc1Cl. The lowest BCUT2D eigenvalue weighted by atomic mass is 10.1. The molecular formula is C16H13ClF3N3O3. The Balaban J connectivity index is 2.22. The number of amides is 2. The second-order valence-corrected chi connectivity index (χ2v) is 5.40. The highest BCUT2D eigenvalue weighted by Crippen LogP contribution is 2.23. The molecule has 0 aliphatic carbocycles. The highest BCUT2D eigenvalue weighted by atomic mass is 35.5. The van der Waals surface area contributed by atoms with Gasteiger partial charge in [-0.05, 0) is 30.3 Å². The molecule has 0 bridgehead atoms. The number of hydrogen-bond acceptors (Lipinski definition) is 4. The molecule has 0 spiro atoms. The number of nitrogens with zero attached hydrogens (tertiary/aromatic N) is 1. The lowest BCUT2D eigenvalue weighted by Gasteiger charge is -2.12. The topological polar surface area (TPSA) is 80.3 Å². The molecule has 0 aliphatic heterocycles. The van der Waals surface area contributed by atoms with Crippen LogP contribution in [-0.2, 0) is 0 Å². The summed E-state index contributed by atoms with van der Waals surface area (Å²) in [6.07, 6.45) is -3.36. The van der Waals surface area contributed by atoms with Crippen molar-refractivity contribution < 1.29 is 27.5 Å². The normalized spacial score (nSPS) is 11.0. The third-order valence-electron chi connectivity index (χ3n) is 3.08. The van der Waals surface area contributed by atoms with E-state index in [1.165, 1.54) is 43.6 Å². The summed E-state index contributed by atoms with van der Waals surface area (Å²) in [6, 6.07) is 6.84. The van der Waals surface area contributed by atoms with Crippen molar-refractivity contribution in [1.29, 1.82) is 0 Å². The van der Waals surface area contributed by atoms with Crippen LogP contribution in [-0.4, -0.2) is 36.6 Å². The molecule has 1 aromatic carbocycles. The van der Waals surface area contributed by atoms with Gasteiger partial charge in [-0.3, -0.25) is 9.59 Å². The minimum Gasteiger partial charge on any atom is -0.467 e. The second kappa shape index (κ2) is 8.05. The van der Waals surface area contributed by atoms with E-state index in [1.54, 1.807) is 0 Å². The molecule has 10 heteroatoms. The Morgan fingerprint density at radius 2 is 1.92 bits per heavy atom. The molecule has 2 amide bonds. The van der Waals surface area contributed by atoms with Crippen molar-refractivity contribution in [3.8, 4) is 5.88 Å². The van der Waals surface area contributed by atoms with Crippen molar-refractivity contribution in [2.75, 3.05) is 19.0 Å². The van der Waals surface area contributed by atoms with Gasteiger partial charge in [0.1, 0.15) is 5.56 Å². The van der Waals surface area contributed by atoms with Gasteiger partial charge in [0, 0.05) is 18.9 Å². The number of pyridine rings is 1. The summed E-state index contributed by atoms with van der Waals surface area (Å²) in [5.74, 6) is -1.66. The van der Waals surface area contributed by atoms with Gasteiger partial charge in [0.15, 0.2) is 6.61 Å². The van der Waals surface area contributed by atoms with E-state index in [-0.39, 0.29) is 21.8 Å². The van der Waals surface area contributed by atoms with Crippen LogP contribution in [0.5, 0.6) is 5.88 Å². The van der Waals surface area contributed by atoms with Crippen molar-refractivity contribution in [3.05, 3.63) is 52.7 Å². The number of aromatic nitrogens is 1. The Hall–Kier alpha value is -2.81. The number of alkyl halides is 3. The summed E-state index contributed by atoms with van der Waals surface area (Å²) in [5, 5.41) is 5.04. The predicted octanol–water partition coefficient (Wildman–Crippen LogP) is 3.29. The van der Waals surface area contributed by atoms with Gasteiger partial charge < -0.3 is 15.4 Å². The molecule has 0 fully saturated rings. The minimum absolute atomic E-state index is 0.131. The maximum atomic E-state index is 12.3. The fraction of sp³-hybridized carbons (Fsp3) is 0.188. The summed E-state index contributed by atoms with van der Waals surface area (Å²) in [5.41, 5.74) is 0.170. The largest absolute Gasteiger partial charge is 0.467 e. The van der Waals surface area contributed by atoms with Gasteiger partial charge in [-0.15, -0.1) is 0 Å². The average Bonchev–Trinajstić information content (AvgIpc) is 2.60. The summed E-state index contributed by atoms with van der Waals surface area (Å²) in [6.45, 7) is -1.58. The van der Waals surface area contributed by atoms with Crippen molar-refractivity contribution >= 4 is 29.1 Å². The first-order valence-corrected chi connectivity index (χ1v) is 7.56. The summed E-state index contributed by atoms with van der Waals surface area (Å²) >= 11 is 5.92. The number of benzene rings is 1. The summed E-state index contributed by atoms with van der Waals surface area (Å²) in [4.78, 5) is 27.7. The lowest BCUT2D eigenvalue weighted by molar-refractivity contribution is -0.154. The molecule has 0 unspecified atom stereocenters. The number of hydrogen-bond donors (Lipinski definition) is 2. The van der Waals surface area contributed by atoms with Crippen LogP contribution in [0.2, 0.25) is 5.02 Å². The fourth-order valence-electron chi connectivity index (χ4n) is 1.94. The van der Waals surface area contributed by atoms with E-state index in [0.29, 0.717) is 0 Å². The number of ether oxygens (including phenoxy) is 1. The first kappa shape index (κ1) is 19.5. The molecule has 1 aromatic heterocycles. The monoisotopic (exact) mass is 387 g/mol. The van der Waals surface area contributed by atoms with E-state index >= 15 is 0 Å². The highest BCUT2D eigenvalue weighted by molar-refractivity contribution is 6.34. The first-order chi connectivity index (χ1) is 12.2. The molecule has 2 aromatic rings. The second-order valence-electron chi connectivity index (χ2n) is 4.99. The van der Waals surface area contributed by atoms with Crippen LogP contribution in [0.15, 0.2) is 36.5 Å². The Morgan fingerprint density at radius 3 is 2.58 bits per heavy atom. The molecule has 138 valence electrons.